The Bertz CT molecular complexity index is 1790. The number of aliphatic hydroxyl groups excluding tert-OH is 11. The molecular formula is C72H133NO18. The van der Waals surface area contributed by atoms with Crippen LogP contribution in [0.3, 0.4) is 0 Å². The van der Waals surface area contributed by atoms with E-state index in [0.717, 1.165) is 44.9 Å². The number of aliphatic hydroxyl groups is 11. The Morgan fingerprint density at radius 1 is 0.396 bits per heavy atom. The number of carbonyl (C=O) groups excluding carboxylic acids is 1. The lowest BCUT2D eigenvalue weighted by Crippen LogP contribution is -2.66. The molecule has 3 rings (SSSR count). The Morgan fingerprint density at radius 3 is 1.09 bits per heavy atom. The summed E-state index contributed by atoms with van der Waals surface area (Å²) < 4.78 is 34.2. The molecule has 3 aliphatic rings. The topological polar surface area (TPSA) is 307 Å². The molecule has 91 heavy (non-hydrogen) atoms. The van der Waals surface area contributed by atoms with E-state index in [-0.39, 0.29) is 18.9 Å². The number of hydrogen-bond donors (Lipinski definition) is 12. The quantitative estimate of drug-likeness (QED) is 0.0199. The first-order chi connectivity index (χ1) is 44.3. The van der Waals surface area contributed by atoms with Crippen LogP contribution in [0.2, 0.25) is 0 Å². The maximum absolute atomic E-state index is 13.4. The third kappa shape index (κ3) is 35.7. The fourth-order valence-electron chi connectivity index (χ4n) is 12.5. The van der Waals surface area contributed by atoms with E-state index in [2.05, 4.69) is 43.5 Å². The highest BCUT2D eigenvalue weighted by Crippen LogP contribution is 2.33. The second kappa shape index (κ2) is 54.1. The van der Waals surface area contributed by atoms with Gasteiger partial charge in [-0.3, -0.25) is 4.79 Å². The average Bonchev–Trinajstić information content (AvgIpc) is 0.933. The molecule has 0 bridgehead atoms. The number of allylic oxidation sites excluding steroid dienone is 5. The van der Waals surface area contributed by atoms with Gasteiger partial charge in [-0.1, -0.05) is 275 Å². The summed E-state index contributed by atoms with van der Waals surface area (Å²) in [5.74, 6) is -0.288. The molecule has 0 aromatic rings. The molecule has 19 heteroatoms. The van der Waals surface area contributed by atoms with Gasteiger partial charge in [-0.05, 0) is 38.5 Å². The molecule has 0 spiro atoms. The number of amides is 1. The average molecular weight is 1300 g/mol. The Labute approximate surface area is 549 Å². The van der Waals surface area contributed by atoms with Crippen LogP contribution in [0.4, 0.5) is 0 Å². The molecule has 17 atom stereocenters. The van der Waals surface area contributed by atoms with Gasteiger partial charge in [0, 0.05) is 6.42 Å². The molecule has 3 heterocycles. The fraction of sp³-hybridized carbons (Fsp3) is 0.903. The van der Waals surface area contributed by atoms with Gasteiger partial charge in [-0.2, -0.15) is 0 Å². The first-order valence-corrected chi connectivity index (χ1v) is 36.7. The van der Waals surface area contributed by atoms with Gasteiger partial charge in [0.25, 0.3) is 0 Å². The van der Waals surface area contributed by atoms with Gasteiger partial charge in [0.2, 0.25) is 5.91 Å². The fourth-order valence-corrected chi connectivity index (χ4v) is 12.5. The number of hydrogen-bond acceptors (Lipinski definition) is 18. The van der Waals surface area contributed by atoms with Gasteiger partial charge < -0.3 is 89.9 Å². The molecule has 3 aliphatic heterocycles. The van der Waals surface area contributed by atoms with Crippen LogP contribution < -0.4 is 5.32 Å². The lowest BCUT2D eigenvalue weighted by atomic mass is 9.96. The zero-order valence-corrected chi connectivity index (χ0v) is 56.6. The van der Waals surface area contributed by atoms with Gasteiger partial charge in [0.05, 0.1) is 38.6 Å². The summed E-state index contributed by atoms with van der Waals surface area (Å²) in [6, 6.07) is -0.993. The van der Waals surface area contributed by atoms with Gasteiger partial charge in [0.1, 0.15) is 73.2 Å². The Kier molecular flexibility index (Phi) is 49.5. The zero-order valence-electron chi connectivity index (χ0n) is 56.6. The highest BCUT2D eigenvalue weighted by molar-refractivity contribution is 5.76. The molecule has 1 amide bonds. The lowest BCUT2D eigenvalue weighted by Gasteiger charge is -2.48. The van der Waals surface area contributed by atoms with Crippen LogP contribution in [-0.4, -0.2) is 193 Å². The molecule has 0 radical (unpaired) electrons. The number of nitrogens with one attached hydrogen (secondary N) is 1. The van der Waals surface area contributed by atoms with Crippen molar-refractivity contribution in [1.82, 2.24) is 5.32 Å². The van der Waals surface area contributed by atoms with Crippen molar-refractivity contribution in [3.63, 3.8) is 0 Å². The number of ether oxygens (including phenoxy) is 6. The van der Waals surface area contributed by atoms with Crippen LogP contribution in [0.15, 0.2) is 36.5 Å². The van der Waals surface area contributed by atoms with Crippen LogP contribution in [0.5, 0.6) is 0 Å². The molecule has 0 aromatic heterocycles. The van der Waals surface area contributed by atoms with Crippen LogP contribution in [0.1, 0.15) is 284 Å². The van der Waals surface area contributed by atoms with E-state index in [0.29, 0.717) is 12.8 Å². The van der Waals surface area contributed by atoms with E-state index in [1.165, 1.54) is 205 Å². The van der Waals surface area contributed by atoms with Crippen LogP contribution in [0.25, 0.3) is 0 Å². The maximum atomic E-state index is 13.4. The van der Waals surface area contributed by atoms with Gasteiger partial charge in [-0.25, -0.2) is 0 Å². The second-order valence-corrected chi connectivity index (χ2v) is 26.4. The van der Waals surface area contributed by atoms with Gasteiger partial charge in [-0.15, -0.1) is 0 Å². The first kappa shape index (κ1) is 83.2. The van der Waals surface area contributed by atoms with E-state index in [1.54, 1.807) is 6.08 Å². The molecule has 19 nitrogen and oxygen atoms in total. The molecule has 0 aromatic carbocycles. The van der Waals surface area contributed by atoms with Crippen LogP contribution >= 0.6 is 0 Å². The summed E-state index contributed by atoms with van der Waals surface area (Å²) in [5, 5.41) is 120. The van der Waals surface area contributed by atoms with Crippen LogP contribution in [-0.2, 0) is 33.2 Å². The van der Waals surface area contributed by atoms with E-state index >= 15 is 0 Å². The summed E-state index contributed by atoms with van der Waals surface area (Å²) in [4.78, 5) is 13.4. The van der Waals surface area contributed by atoms with Crippen molar-refractivity contribution in [3.8, 4) is 0 Å². The van der Waals surface area contributed by atoms with E-state index in [1.807, 2.05) is 6.08 Å². The van der Waals surface area contributed by atoms with Crippen molar-refractivity contribution >= 4 is 5.91 Å². The van der Waals surface area contributed by atoms with Crippen LogP contribution in [0, 0.1) is 0 Å². The van der Waals surface area contributed by atoms with Crippen molar-refractivity contribution in [3.05, 3.63) is 36.5 Å². The number of unbranched alkanes of at least 4 members (excludes halogenated alkanes) is 37. The summed E-state index contributed by atoms with van der Waals surface area (Å²) >= 11 is 0. The maximum Gasteiger partial charge on any atom is 0.220 e. The molecule has 12 N–H and O–H groups in total. The predicted molar refractivity (Wildman–Crippen MR) is 356 cm³/mol. The Balaban J connectivity index is 1.29. The second-order valence-electron chi connectivity index (χ2n) is 26.4. The monoisotopic (exact) mass is 1300 g/mol. The Hall–Kier alpha value is -1.99. The van der Waals surface area contributed by atoms with Gasteiger partial charge in [0.15, 0.2) is 18.9 Å². The largest absolute Gasteiger partial charge is 0.394 e. The summed E-state index contributed by atoms with van der Waals surface area (Å²) in [5.41, 5.74) is 0. The molecule has 534 valence electrons. The van der Waals surface area contributed by atoms with Crippen molar-refractivity contribution < 1.29 is 89.4 Å². The third-order valence-corrected chi connectivity index (χ3v) is 18.4. The summed E-state index contributed by atoms with van der Waals surface area (Å²) in [6.07, 6.45) is 37.8. The smallest absolute Gasteiger partial charge is 0.220 e. The molecular weight excluding hydrogens is 1170 g/mol. The minimum Gasteiger partial charge on any atom is -0.394 e. The van der Waals surface area contributed by atoms with Crippen molar-refractivity contribution in [1.29, 1.82) is 0 Å². The van der Waals surface area contributed by atoms with Crippen molar-refractivity contribution in [2.75, 3.05) is 26.4 Å². The summed E-state index contributed by atoms with van der Waals surface area (Å²) in [7, 11) is 0. The summed E-state index contributed by atoms with van der Waals surface area (Å²) in [6.45, 7) is 1.59. The highest BCUT2D eigenvalue weighted by atomic mass is 16.8. The minimum absolute atomic E-state index is 0.235. The molecule has 0 aliphatic carbocycles. The number of carbonyl (C=O) groups is 1. The molecule has 0 saturated carbocycles. The van der Waals surface area contributed by atoms with Crippen molar-refractivity contribution in [2.24, 2.45) is 0 Å². The molecule has 3 fully saturated rings. The SMILES string of the molecule is CC/C=C/CC/C=C/CC/C=C/C(O)C(COC1OC(CO)C(OC2OC(CO)C(OC3OC(CO)C(O)C(O)C3O)C(O)C2O)C(O)C1O)NC(=O)CCCCCCCCCCCCCCCCCCCCCCCCCCCCCCCCCCCCCC. The number of rotatable bonds is 57. The third-order valence-electron chi connectivity index (χ3n) is 18.4. The van der Waals surface area contributed by atoms with Gasteiger partial charge >= 0.3 is 0 Å². The normalized spacial score (nSPS) is 28.0. The minimum atomic E-state index is -1.98. The van der Waals surface area contributed by atoms with Crippen molar-refractivity contribution in [2.45, 2.75) is 388 Å². The van der Waals surface area contributed by atoms with E-state index in [9.17, 15) is 61.0 Å². The van der Waals surface area contributed by atoms with E-state index in [4.69, 9.17) is 28.4 Å². The lowest BCUT2D eigenvalue weighted by molar-refractivity contribution is -0.379. The highest BCUT2D eigenvalue weighted by Gasteiger charge is 2.53. The Morgan fingerprint density at radius 2 is 0.714 bits per heavy atom. The van der Waals surface area contributed by atoms with E-state index < -0.39 is 124 Å². The first-order valence-electron chi connectivity index (χ1n) is 36.7. The molecule has 3 saturated heterocycles. The zero-order chi connectivity index (χ0) is 66.1. The molecule has 17 unspecified atom stereocenters. The standard InChI is InChI=1S/C72H133NO18/c1-3-5-7-9-11-13-15-16-17-18-19-20-21-22-23-24-25-26-27-28-29-30-31-32-33-34-35-36-37-38-39-40-42-44-46-48-50-60(78)73-55(56(77)49-47-45-43-41-14-12-10-8-6-4-2)54-86-70-66(84)63(81)68(58(52-75)88-70)91-72-67(85)64(82)69(59(53-76)89-72)90-71-65(83)62(80)61(79)57(51-74)87-71/h6,8,14,41,47,49,55-59,61-72,74-77,79-85H,3-5,7,9-13,15-40,42-46,48,50-54H2,1-2H3,(H,73,78)/b8-6+,41-14+,49-47+. The predicted octanol–water partition coefficient (Wildman–Crippen LogP) is 10.4.